The van der Waals surface area contributed by atoms with Gasteiger partial charge in [-0.1, -0.05) is 48.0 Å². The molecule has 1 unspecified atom stereocenters. The highest BCUT2D eigenvalue weighted by molar-refractivity contribution is 6.33. The van der Waals surface area contributed by atoms with Crippen molar-refractivity contribution in [2.24, 2.45) is 0 Å². The van der Waals surface area contributed by atoms with Crippen molar-refractivity contribution in [3.8, 4) is 0 Å². The molecule has 0 spiro atoms. The first-order valence-corrected chi connectivity index (χ1v) is 6.82. The molecule has 2 N–H and O–H groups in total. The highest BCUT2D eigenvalue weighted by Crippen LogP contribution is 2.28. The van der Waals surface area contributed by atoms with Gasteiger partial charge in [-0.2, -0.15) is 0 Å². The van der Waals surface area contributed by atoms with Crippen LogP contribution in [0, 0.1) is 0 Å². The van der Waals surface area contributed by atoms with Crippen molar-refractivity contribution in [3.63, 3.8) is 0 Å². The molecule has 0 fully saturated rings. The molecule has 0 heterocycles. The van der Waals surface area contributed by atoms with Gasteiger partial charge in [0.1, 0.15) is 0 Å². The summed E-state index contributed by atoms with van der Waals surface area (Å²) in [6, 6.07) is 13.4. The SMILES string of the molecule is COCc1ccccc1C(Nc1ccccc1Cl)C(=O)O. The van der Waals surface area contributed by atoms with Crippen LogP contribution in [0.2, 0.25) is 5.02 Å². The molecule has 21 heavy (non-hydrogen) atoms. The van der Waals surface area contributed by atoms with E-state index in [0.717, 1.165) is 5.56 Å². The highest BCUT2D eigenvalue weighted by atomic mass is 35.5. The Kier molecular flexibility index (Phi) is 5.20. The molecule has 5 heteroatoms. The lowest BCUT2D eigenvalue weighted by molar-refractivity contribution is -0.138. The summed E-state index contributed by atoms with van der Waals surface area (Å²) in [6.45, 7) is 0.351. The molecule has 0 saturated carbocycles. The van der Waals surface area contributed by atoms with E-state index in [-0.39, 0.29) is 0 Å². The van der Waals surface area contributed by atoms with Crippen molar-refractivity contribution in [1.29, 1.82) is 0 Å². The number of carbonyl (C=O) groups is 1. The fourth-order valence-corrected chi connectivity index (χ4v) is 2.30. The molecule has 4 nitrogen and oxygen atoms in total. The van der Waals surface area contributed by atoms with Crippen molar-refractivity contribution in [2.45, 2.75) is 12.6 Å². The average molecular weight is 306 g/mol. The Morgan fingerprint density at radius 1 is 1.24 bits per heavy atom. The Hall–Kier alpha value is -2.04. The molecule has 0 aliphatic heterocycles. The molecule has 0 bridgehead atoms. The van der Waals surface area contributed by atoms with Crippen LogP contribution in [0.4, 0.5) is 5.69 Å². The van der Waals surface area contributed by atoms with E-state index < -0.39 is 12.0 Å². The van der Waals surface area contributed by atoms with Gasteiger partial charge in [-0.15, -0.1) is 0 Å². The third-order valence-corrected chi connectivity index (χ3v) is 3.42. The lowest BCUT2D eigenvalue weighted by Crippen LogP contribution is -2.22. The number of methoxy groups -OCH3 is 1. The summed E-state index contributed by atoms with van der Waals surface area (Å²) >= 11 is 6.08. The second-order valence-electron chi connectivity index (χ2n) is 4.53. The number of hydrogen-bond acceptors (Lipinski definition) is 3. The Morgan fingerprint density at radius 2 is 1.90 bits per heavy atom. The number of benzene rings is 2. The first kappa shape index (κ1) is 15.4. The zero-order valence-electron chi connectivity index (χ0n) is 11.5. The molecule has 0 aliphatic carbocycles. The minimum atomic E-state index is -0.974. The van der Waals surface area contributed by atoms with Gasteiger partial charge < -0.3 is 15.2 Å². The van der Waals surface area contributed by atoms with Crippen LogP contribution in [-0.2, 0) is 16.1 Å². The Bertz CT molecular complexity index is 630. The monoisotopic (exact) mass is 305 g/mol. The predicted molar refractivity (Wildman–Crippen MR) is 82.6 cm³/mol. The fourth-order valence-electron chi connectivity index (χ4n) is 2.11. The number of carboxylic acid groups (broad SMARTS) is 1. The minimum Gasteiger partial charge on any atom is -0.479 e. The normalized spacial score (nSPS) is 11.9. The van der Waals surface area contributed by atoms with Crippen molar-refractivity contribution in [1.82, 2.24) is 0 Å². The van der Waals surface area contributed by atoms with Crippen LogP contribution in [0.3, 0.4) is 0 Å². The standard InChI is InChI=1S/C16H16ClNO3/c1-21-10-11-6-2-3-7-12(11)15(16(19)20)18-14-9-5-4-8-13(14)17/h2-9,15,18H,10H2,1H3,(H,19,20). The van der Waals surface area contributed by atoms with E-state index in [1.165, 1.54) is 0 Å². The second kappa shape index (κ2) is 7.11. The van der Waals surface area contributed by atoms with E-state index in [1.54, 1.807) is 43.5 Å². The fraction of sp³-hybridized carbons (Fsp3) is 0.188. The number of anilines is 1. The summed E-state index contributed by atoms with van der Waals surface area (Å²) < 4.78 is 5.13. The molecule has 1 atom stereocenters. The van der Waals surface area contributed by atoms with Gasteiger partial charge in [0.25, 0.3) is 0 Å². The molecule has 110 valence electrons. The summed E-state index contributed by atoms with van der Waals surface area (Å²) in [4.78, 5) is 11.6. The smallest absolute Gasteiger partial charge is 0.330 e. The number of hydrogen-bond donors (Lipinski definition) is 2. The lowest BCUT2D eigenvalue weighted by Gasteiger charge is -2.19. The summed E-state index contributed by atoms with van der Waals surface area (Å²) in [6.07, 6.45) is 0. The van der Waals surface area contributed by atoms with E-state index in [9.17, 15) is 9.90 Å². The third-order valence-electron chi connectivity index (χ3n) is 3.09. The van der Waals surface area contributed by atoms with Gasteiger partial charge in [-0.05, 0) is 23.3 Å². The molecular formula is C16H16ClNO3. The van der Waals surface area contributed by atoms with Gasteiger partial charge in [0, 0.05) is 7.11 Å². The van der Waals surface area contributed by atoms with E-state index in [4.69, 9.17) is 16.3 Å². The van der Waals surface area contributed by atoms with Crippen LogP contribution in [0.25, 0.3) is 0 Å². The van der Waals surface area contributed by atoms with Gasteiger partial charge in [0.2, 0.25) is 0 Å². The maximum atomic E-state index is 11.6. The summed E-state index contributed by atoms with van der Waals surface area (Å²) in [5.74, 6) is -0.974. The average Bonchev–Trinajstić information content (AvgIpc) is 2.47. The second-order valence-corrected chi connectivity index (χ2v) is 4.93. The van der Waals surface area contributed by atoms with Crippen LogP contribution in [0.5, 0.6) is 0 Å². The Balaban J connectivity index is 2.36. The predicted octanol–water partition coefficient (Wildman–Crippen LogP) is 3.72. The Labute approximate surface area is 128 Å². The first-order chi connectivity index (χ1) is 10.1. The van der Waals surface area contributed by atoms with Crippen molar-refractivity contribution < 1.29 is 14.6 Å². The molecule has 2 aromatic rings. The van der Waals surface area contributed by atoms with Gasteiger partial charge in [0.05, 0.1) is 17.3 Å². The van der Waals surface area contributed by atoms with Crippen LogP contribution in [0.1, 0.15) is 17.2 Å². The molecule has 0 aliphatic rings. The summed E-state index contributed by atoms with van der Waals surface area (Å²) in [5.41, 5.74) is 2.07. The van der Waals surface area contributed by atoms with Gasteiger partial charge >= 0.3 is 5.97 Å². The number of nitrogens with one attached hydrogen (secondary N) is 1. The number of halogens is 1. The Morgan fingerprint density at radius 3 is 2.57 bits per heavy atom. The molecule has 0 amide bonds. The molecule has 2 rings (SSSR count). The van der Waals surface area contributed by atoms with Crippen molar-refractivity contribution >= 4 is 23.3 Å². The first-order valence-electron chi connectivity index (χ1n) is 6.44. The van der Waals surface area contributed by atoms with Gasteiger partial charge in [-0.3, -0.25) is 0 Å². The molecule has 0 aromatic heterocycles. The zero-order valence-corrected chi connectivity index (χ0v) is 12.3. The molecule has 0 saturated heterocycles. The quantitative estimate of drug-likeness (QED) is 0.854. The maximum absolute atomic E-state index is 11.6. The van der Waals surface area contributed by atoms with Crippen LogP contribution in [0.15, 0.2) is 48.5 Å². The van der Waals surface area contributed by atoms with Gasteiger partial charge in [0.15, 0.2) is 6.04 Å². The number of rotatable bonds is 6. The van der Waals surface area contributed by atoms with Crippen molar-refractivity contribution in [3.05, 3.63) is 64.7 Å². The zero-order chi connectivity index (χ0) is 15.2. The minimum absolute atomic E-state index is 0.351. The lowest BCUT2D eigenvalue weighted by atomic mass is 10.0. The number of carboxylic acids is 1. The van der Waals surface area contributed by atoms with Crippen molar-refractivity contribution in [2.75, 3.05) is 12.4 Å². The van der Waals surface area contributed by atoms with E-state index >= 15 is 0 Å². The largest absolute Gasteiger partial charge is 0.479 e. The molecule has 0 radical (unpaired) electrons. The van der Waals surface area contributed by atoms with Crippen LogP contribution < -0.4 is 5.32 Å². The van der Waals surface area contributed by atoms with Gasteiger partial charge in [-0.25, -0.2) is 4.79 Å². The van der Waals surface area contributed by atoms with E-state index in [1.807, 2.05) is 12.1 Å². The van der Waals surface area contributed by atoms with Crippen LogP contribution >= 0.6 is 11.6 Å². The third kappa shape index (κ3) is 3.74. The maximum Gasteiger partial charge on any atom is 0.330 e. The summed E-state index contributed by atoms with van der Waals surface area (Å²) in [5, 5.41) is 13.0. The van der Waals surface area contributed by atoms with E-state index in [2.05, 4.69) is 5.32 Å². The number of para-hydroxylation sites is 1. The number of aliphatic carboxylic acids is 1. The van der Waals surface area contributed by atoms with Crippen LogP contribution in [-0.4, -0.2) is 18.2 Å². The summed E-state index contributed by atoms with van der Waals surface area (Å²) in [7, 11) is 1.58. The topological polar surface area (TPSA) is 58.6 Å². The number of ether oxygens (including phenoxy) is 1. The van der Waals surface area contributed by atoms with E-state index in [0.29, 0.717) is 22.9 Å². The molecular weight excluding hydrogens is 290 g/mol. The molecule has 2 aromatic carbocycles. The highest BCUT2D eigenvalue weighted by Gasteiger charge is 2.22.